The first-order valence-electron chi connectivity index (χ1n) is 9.31. The van der Waals surface area contributed by atoms with Gasteiger partial charge in [-0.1, -0.05) is 35.9 Å². The molecule has 0 bridgehead atoms. The Morgan fingerprint density at radius 3 is 2.43 bits per heavy atom. The number of rotatable bonds is 3. The number of carbonyl (C=O) groups excluding carboxylic acids is 1. The maximum absolute atomic E-state index is 13.0. The highest BCUT2D eigenvalue weighted by Crippen LogP contribution is 2.24. The quantitative estimate of drug-likeness (QED) is 0.738. The lowest BCUT2D eigenvalue weighted by molar-refractivity contribution is 0.0700. The van der Waals surface area contributed by atoms with Crippen LogP contribution >= 0.6 is 0 Å². The topological polar surface area (TPSA) is 73.5 Å². The summed E-state index contributed by atoms with van der Waals surface area (Å²) in [6.07, 6.45) is 1.73. The van der Waals surface area contributed by atoms with E-state index < -0.39 is 10.0 Å². The molecule has 2 heterocycles. The normalized spacial score (nSPS) is 15.9. The molecule has 0 atom stereocenters. The van der Waals surface area contributed by atoms with Gasteiger partial charge in [-0.05, 0) is 31.5 Å². The number of amides is 1. The molecule has 7 heteroatoms. The number of H-pyrrole nitrogens is 1. The average molecular weight is 398 g/mol. The Balaban J connectivity index is 1.50. The van der Waals surface area contributed by atoms with Crippen LogP contribution in [-0.4, -0.2) is 54.7 Å². The lowest BCUT2D eigenvalue weighted by Crippen LogP contribution is -2.50. The summed E-state index contributed by atoms with van der Waals surface area (Å²) >= 11 is 0. The van der Waals surface area contributed by atoms with E-state index in [0.717, 1.165) is 22.0 Å². The highest BCUT2D eigenvalue weighted by atomic mass is 32.2. The zero-order valence-corrected chi connectivity index (χ0v) is 16.8. The number of benzene rings is 2. The fourth-order valence-corrected chi connectivity index (χ4v) is 5.41. The van der Waals surface area contributed by atoms with Crippen molar-refractivity contribution in [1.29, 1.82) is 0 Å². The number of fused-ring (bicyclic) bond motifs is 1. The van der Waals surface area contributed by atoms with Crippen molar-refractivity contribution in [2.75, 3.05) is 26.2 Å². The smallest absolute Gasteiger partial charge is 0.256 e. The maximum Gasteiger partial charge on any atom is 0.256 e. The molecule has 0 aliphatic carbocycles. The van der Waals surface area contributed by atoms with Crippen molar-refractivity contribution in [2.45, 2.75) is 18.7 Å². The van der Waals surface area contributed by atoms with Crippen molar-refractivity contribution in [1.82, 2.24) is 14.2 Å². The molecule has 146 valence electrons. The third kappa shape index (κ3) is 3.21. The molecule has 28 heavy (non-hydrogen) atoms. The van der Waals surface area contributed by atoms with E-state index in [4.69, 9.17) is 0 Å². The maximum atomic E-state index is 13.0. The number of nitrogens with zero attached hydrogens (tertiary/aromatic N) is 2. The van der Waals surface area contributed by atoms with Crippen molar-refractivity contribution in [2.24, 2.45) is 0 Å². The van der Waals surface area contributed by atoms with E-state index in [2.05, 4.69) is 4.98 Å². The molecule has 0 unspecified atom stereocenters. The molecule has 3 aromatic rings. The molecule has 1 amide bonds. The van der Waals surface area contributed by atoms with Crippen LogP contribution in [0.2, 0.25) is 0 Å². The molecule has 0 spiro atoms. The minimum absolute atomic E-state index is 0.0685. The predicted molar refractivity (Wildman–Crippen MR) is 109 cm³/mol. The molecule has 6 nitrogen and oxygen atoms in total. The highest BCUT2D eigenvalue weighted by molar-refractivity contribution is 7.89. The second-order valence-corrected chi connectivity index (χ2v) is 9.12. The van der Waals surface area contributed by atoms with Crippen molar-refractivity contribution >= 4 is 26.8 Å². The van der Waals surface area contributed by atoms with Crippen molar-refractivity contribution < 1.29 is 13.2 Å². The number of carbonyl (C=O) groups is 1. The SMILES string of the molecule is Cc1ccc(S(=O)(=O)N2CCN(C(=O)c3c[nH]c4ccccc34)CC2)c(C)c1. The number of aromatic amines is 1. The van der Waals surface area contributed by atoms with Gasteiger partial charge in [-0.15, -0.1) is 0 Å². The fourth-order valence-electron chi connectivity index (χ4n) is 3.78. The van der Waals surface area contributed by atoms with E-state index in [9.17, 15) is 13.2 Å². The summed E-state index contributed by atoms with van der Waals surface area (Å²) in [7, 11) is -3.56. The van der Waals surface area contributed by atoms with E-state index in [-0.39, 0.29) is 5.91 Å². The van der Waals surface area contributed by atoms with Gasteiger partial charge < -0.3 is 9.88 Å². The first-order chi connectivity index (χ1) is 13.4. The Morgan fingerprint density at radius 2 is 1.71 bits per heavy atom. The monoisotopic (exact) mass is 397 g/mol. The van der Waals surface area contributed by atoms with Gasteiger partial charge in [0.25, 0.3) is 5.91 Å². The Labute approximate surface area is 164 Å². The standard InChI is InChI=1S/C21H23N3O3S/c1-15-7-8-20(16(2)13-15)28(26,27)24-11-9-23(10-12-24)21(25)18-14-22-19-6-4-3-5-17(18)19/h3-8,13-14,22H,9-12H2,1-2H3. The predicted octanol–water partition coefficient (Wildman–Crippen LogP) is 2.93. The van der Waals surface area contributed by atoms with Gasteiger partial charge >= 0.3 is 0 Å². The summed E-state index contributed by atoms with van der Waals surface area (Å²) in [5.74, 6) is -0.0685. The summed E-state index contributed by atoms with van der Waals surface area (Å²) in [4.78, 5) is 18.1. The largest absolute Gasteiger partial charge is 0.360 e. The number of nitrogens with one attached hydrogen (secondary N) is 1. The Bertz CT molecular complexity index is 1140. The van der Waals surface area contributed by atoms with Crippen LogP contribution in [-0.2, 0) is 10.0 Å². The number of aromatic nitrogens is 1. The molecule has 4 rings (SSSR count). The van der Waals surface area contributed by atoms with Crippen LogP contribution in [0.25, 0.3) is 10.9 Å². The number of hydrogen-bond acceptors (Lipinski definition) is 3. The van der Waals surface area contributed by atoms with E-state index >= 15 is 0 Å². The number of piperazine rings is 1. The van der Waals surface area contributed by atoms with Crippen LogP contribution in [0.5, 0.6) is 0 Å². The molecule has 2 aromatic carbocycles. The van der Waals surface area contributed by atoms with Gasteiger partial charge in [0.15, 0.2) is 0 Å². The third-order valence-corrected chi connectivity index (χ3v) is 7.35. The molecule has 1 aliphatic rings. The van der Waals surface area contributed by atoms with E-state index in [1.807, 2.05) is 50.2 Å². The second-order valence-electron chi connectivity index (χ2n) is 7.21. The number of sulfonamides is 1. The Kier molecular flexibility index (Phi) is 4.72. The van der Waals surface area contributed by atoms with E-state index in [1.54, 1.807) is 17.2 Å². The fraction of sp³-hybridized carbons (Fsp3) is 0.286. The van der Waals surface area contributed by atoms with Gasteiger partial charge in [0.1, 0.15) is 0 Å². The van der Waals surface area contributed by atoms with Crippen molar-refractivity contribution in [3.8, 4) is 0 Å². The second kappa shape index (κ2) is 7.07. The third-order valence-electron chi connectivity index (χ3n) is 5.29. The number of hydrogen-bond donors (Lipinski definition) is 1. The number of para-hydroxylation sites is 1. The molecule has 1 aromatic heterocycles. The lowest BCUT2D eigenvalue weighted by Gasteiger charge is -2.34. The molecule has 1 fully saturated rings. The van der Waals surface area contributed by atoms with Crippen LogP contribution in [0.4, 0.5) is 0 Å². The summed E-state index contributed by atoms with van der Waals surface area (Å²) in [6.45, 7) is 5.10. The first kappa shape index (κ1) is 18.7. The summed E-state index contributed by atoms with van der Waals surface area (Å²) in [6, 6.07) is 13.0. The molecular formula is C21H23N3O3S. The Hall–Kier alpha value is -2.64. The van der Waals surface area contributed by atoms with Crippen LogP contribution in [0.1, 0.15) is 21.5 Å². The minimum atomic E-state index is -3.56. The van der Waals surface area contributed by atoms with Gasteiger partial charge in [-0.2, -0.15) is 4.31 Å². The van der Waals surface area contributed by atoms with Crippen LogP contribution in [0.15, 0.2) is 53.6 Å². The minimum Gasteiger partial charge on any atom is -0.360 e. The van der Waals surface area contributed by atoms with E-state index in [0.29, 0.717) is 36.6 Å². The summed E-state index contributed by atoms with van der Waals surface area (Å²) in [5.41, 5.74) is 3.33. The molecular weight excluding hydrogens is 374 g/mol. The van der Waals surface area contributed by atoms with Crippen LogP contribution in [0, 0.1) is 13.8 Å². The zero-order chi connectivity index (χ0) is 19.9. The van der Waals surface area contributed by atoms with Crippen molar-refractivity contribution in [3.05, 3.63) is 65.4 Å². The van der Waals surface area contributed by atoms with Gasteiger partial charge in [0, 0.05) is 43.3 Å². The molecule has 1 aliphatic heterocycles. The molecule has 0 radical (unpaired) electrons. The van der Waals surface area contributed by atoms with Crippen molar-refractivity contribution in [3.63, 3.8) is 0 Å². The summed E-state index contributed by atoms with van der Waals surface area (Å²) in [5, 5.41) is 0.887. The lowest BCUT2D eigenvalue weighted by atomic mass is 10.1. The molecule has 0 saturated carbocycles. The highest BCUT2D eigenvalue weighted by Gasteiger charge is 2.31. The van der Waals surface area contributed by atoms with E-state index in [1.165, 1.54) is 4.31 Å². The van der Waals surface area contributed by atoms with Gasteiger partial charge in [0.2, 0.25) is 10.0 Å². The zero-order valence-electron chi connectivity index (χ0n) is 16.0. The average Bonchev–Trinajstić information content (AvgIpc) is 3.11. The van der Waals surface area contributed by atoms with Crippen LogP contribution < -0.4 is 0 Å². The first-order valence-corrected chi connectivity index (χ1v) is 10.7. The van der Waals surface area contributed by atoms with Crippen LogP contribution in [0.3, 0.4) is 0 Å². The van der Waals surface area contributed by atoms with Gasteiger partial charge in [-0.25, -0.2) is 8.42 Å². The van der Waals surface area contributed by atoms with Gasteiger partial charge in [-0.3, -0.25) is 4.79 Å². The number of aryl methyl sites for hydroxylation is 2. The molecule has 1 saturated heterocycles. The summed E-state index contributed by atoms with van der Waals surface area (Å²) < 4.78 is 27.5. The molecule has 1 N–H and O–H groups in total. The van der Waals surface area contributed by atoms with Gasteiger partial charge in [0.05, 0.1) is 10.5 Å². The Morgan fingerprint density at radius 1 is 1.00 bits per heavy atom.